The van der Waals surface area contributed by atoms with Gasteiger partial charge >= 0.3 is 0 Å². The number of ether oxygens (including phenoxy) is 2. The van der Waals surface area contributed by atoms with Crippen molar-refractivity contribution in [1.29, 1.82) is 0 Å². The molecule has 4 nitrogen and oxygen atoms in total. The van der Waals surface area contributed by atoms with Gasteiger partial charge in [0.1, 0.15) is 13.2 Å². The summed E-state index contributed by atoms with van der Waals surface area (Å²) in [4.78, 5) is 2.36. The van der Waals surface area contributed by atoms with Crippen molar-refractivity contribution in [3.8, 4) is 11.5 Å². The summed E-state index contributed by atoms with van der Waals surface area (Å²) in [5.41, 5.74) is 1.20. The van der Waals surface area contributed by atoms with Crippen molar-refractivity contribution >= 4 is 21.6 Å². The van der Waals surface area contributed by atoms with Gasteiger partial charge < -0.3 is 19.7 Å². The van der Waals surface area contributed by atoms with Gasteiger partial charge in [0.25, 0.3) is 0 Å². The molecule has 0 radical (unpaired) electrons. The van der Waals surface area contributed by atoms with Gasteiger partial charge in [-0.1, -0.05) is 0 Å². The summed E-state index contributed by atoms with van der Waals surface area (Å²) in [7, 11) is 0. The van der Waals surface area contributed by atoms with Crippen molar-refractivity contribution in [3.05, 3.63) is 16.6 Å². The SMILES string of the molecule is Brc1cc(N2CCNCC2)cc2c1OCCO2. The number of rotatable bonds is 1. The molecule has 5 heteroatoms. The average Bonchev–Trinajstić information content (AvgIpc) is 2.40. The monoisotopic (exact) mass is 298 g/mol. The number of piperazine rings is 1. The first-order valence-corrected chi connectivity index (χ1v) is 6.69. The fourth-order valence-corrected chi connectivity index (χ4v) is 2.75. The Bertz CT molecular complexity index is 419. The molecule has 0 aliphatic carbocycles. The molecule has 0 unspecified atom stereocenters. The van der Waals surface area contributed by atoms with Gasteiger partial charge in [-0.2, -0.15) is 0 Å². The van der Waals surface area contributed by atoms with E-state index in [0.29, 0.717) is 13.2 Å². The van der Waals surface area contributed by atoms with Crippen molar-refractivity contribution in [2.24, 2.45) is 0 Å². The van der Waals surface area contributed by atoms with E-state index in [2.05, 4.69) is 38.3 Å². The molecule has 0 aromatic heterocycles. The van der Waals surface area contributed by atoms with E-state index in [1.807, 2.05) is 0 Å². The Labute approximate surface area is 109 Å². The smallest absolute Gasteiger partial charge is 0.175 e. The molecule has 2 aliphatic heterocycles. The maximum absolute atomic E-state index is 5.64. The quantitative estimate of drug-likeness (QED) is 0.854. The lowest BCUT2D eigenvalue weighted by Crippen LogP contribution is -2.43. The molecule has 1 fully saturated rings. The Morgan fingerprint density at radius 1 is 1.12 bits per heavy atom. The fraction of sp³-hybridized carbons (Fsp3) is 0.500. The van der Waals surface area contributed by atoms with Crippen LogP contribution in [-0.4, -0.2) is 39.4 Å². The van der Waals surface area contributed by atoms with Gasteiger partial charge in [0.15, 0.2) is 11.5 Å². The number of hydrogen-bond acceptors (Lipinski definition) is 4. The van der Waals surface area contributed by atoms with Crippen LogP contribution in [0.4, 0.5) is 5.69 Å². The maximum Gasteiger partial charge on any atom is 0.175 e. The molecule has 3 rings (SSSR count). The summed E-state index contributed by atoms with van der Waals surface area (Å²) in [6, 6.07) is 4.18. The zero-order valence-corrected chi connectivity index (χ0v) is 11.1. The minimum atomic E-state index is 0.624. The third kappa shape index (κ3) is 2.21. The predicted octanol–water partition coefficient (Wildman–Crippen LogP) is 1.63. The van der Waals surface area contributed by atoms with Gasteiger partial charge in [0.2, 0.25) is 0 Å². The molecular formula is C12H15BrN2O2. The lowest BCUT2D eigenvalue weighted by atomic mass is 10.2. The average molecular weight is 299 g/mol. The molecule has 17 heavy (non-hydrogen) atoms. The topological polar surface area (TPSA) is 33.7 Å². The molecule has 2 heterocycles. The van der Waals surface area contributed by atoms with Crippen LogP contribution < -0.4 is 19.7 Å². The first-order valence-electron chi connectivity index (χ1n) is 5.89. The van der Waals surface area contributed by atoms with Gasteiger partial charge in [-0.15, -0.1) is 0 Å². The van der Waals surface area contributed by atoms with E-state index < -0.39 is 0 Å². The summed E-state index contributed by atoms with van der Waals surface area (Å²) in [6.07, 6.45) is 0. The van der Waals surface area contributed by atoms with E-state index >= 15 is 0 Å². The molecule has 0 saturated carbocycles. The molecular weight excluding hydrogens is 284 g/mol. The molecule has 0 spiro atoms. The summed E-state index contributed by atoms with van der Waals surface area (Å²) in [6.45, 7) is 5.39. The predicted molar refractivity (Wildman–Crippen MR) is 70.2 cm³/mol. The van der Waals surface area contributed by atoms with Crippen molar-refractivity contribution < 1.29 is 9.47 Å². The zero-order valence-electron chi connectivity index (χ0n) is 9.54. The molecule has 1 aromatic rings. The van der Waals surface area contributed by atoms with Crippen LogP contribution in [0.5, 0.6) is 11.5 Å². The normalized spacial score (nSPS) is 19.2. The first kappa shape index (κ1) is 11.2. The number of fused-ring (bicyclic) bond motifs is 1. The Hall–Kier alpha value is -0.940. The highest BCUT2D eigenvalue weighted by Gasteiger charge is 2.19. The number of nitrogens with one attached hydrogen (secondary N) is 1. The summed E-state index contributed by atoms with van der Waals surface area (Å²) in [5, 5.41) is 3.35. The zero-order chi connectivity index (χ0) is 11.7. The first-order chi connectivity index (χ1) is 8.34. The van der Waals surface area contributed by atoms with Crippen molar-refractivity contribution in [2.75, 3.05) is 44.3 Å². The van der Waals surface area contributed by atoms with Crippen molar-refractivity contribution in [1.82, 2.24) is 5.32 Å². The molecule has 2 aliphatic rings. The second-order valence-corrected chi connectivity index (χ2v) is 5.04. The summed E-state index contributed by atoms with van der Waals surface area (Å²) < 4.78 is 12.2. The van der Waals surface area contributed by atoms with Crippen LogP contribution >= 0.6 is 15.9 Å². The van der Waals surface area contributed by atoms with Crippen LogP contribution in [0.2, 0.25) is 0 Å². The Balaban J connectivity index is 1.92. The van der Waals surface area contributed by atoms with E-state index in [1.54, 1.807) is 0 Å². The van der Waals surface area contributed by atoms with E-state index in [-0.39, 0.29) is 0 Å². The summed E-state index contributed by atoms with van der Waals surface area (Å²) >= 11 is 3.55. The number of nitrogens with zero attached hydrogens (tertiary/aromatic N) is 1. The van der Waals surface area contributed by atoms with Crippen molar-refractivity contribution in [3.63, 3.8) is 0 Å². The van der Waals surface area contributed by atoms with E-state index in [4.69, 9.17) is 9.47 Å². The maximum atomic E-state index is 5.64. The minimum Gasteiger partial charge on any atom is -0.486 e. The number of halogens is 1. The highest BCUT2D eigenvalue weighted by Crippen LogP contribution is 2.41. The second kappa shape index (κ2) is 4.74. The Kier molecular flexibility index (Phi) is 3.11. The highest BCUT2D eigenvalue weighted by atomic mass is 79.9. The van der Waals surface area contributed by atoms with Crippen LogP contribution in [0, 0.1) is 0 Å². The lowest BCUT2D eigenvalue weighted by Gasteiger charge is -2.31. The number of benzene rings is 1. The third-order valence-corrected chi connectivity index (χ3v) is 3.65. The van der Waals surface area contributed by atoms with E-state index in [9.17, 15) is 0 Å². The lowest BCUT2D eigenvalue weighted by molar-refractivity contribution is 0.170. The van der Waals surface area contributed by atoms with Crippen LogP contribution in [0.3, 0.4) is 0 Å². The highest BCUT2D eigenvalue weighted by molar-refractivity contribution is 9.10. The van der Waals surface area contributed by atoms with Crippen LogP contribution in [0.1, 0.15) is 0 Å². The Morgan fingerprint density at radius 2 is 1.88 bits per heavy atom. The number of anilines is 1. The molecule has 1 N–H and O–H groups in total. The molecule has 1 aromatic carbocycles. The van der Waals surface area contributed by atoms with Crippen molar-refractivity contribution in [2.45, 2.75) is 0 Å². The summed E-state index contributed by atoms with van der Waals surface area (Å²) in [5.74, 6) is 1.68. The molecule has 1 saturated heterocycles. The fourth-order valence-electron chi connectivity index (χ4n) is 2.20. The second-order valence-electron chi connectivity index (χ2n) is 4.19. The van der Waals surface area contributed by atoms with Gasteiger partial charge in [-0.3, -0.25) is 0 Å². The standard InChI is InChI=1S/C12H15BrN2O2/c13-10-7-9(15-3-1-14-2-4-15)8-11-12(10)17-6-5-16-11/h7-8,14H,1-6H2. The molecule has 0 bridgehead atoms. The minimum absolute atomic E-state index is 0.624. The van der Waals surface area contributed by atoms with Gasteiger partial charge in [-0.25, -0.2) is 0 Å². The van der Waals surface area contributed by atoms with Gasteiger partial charge in [-0.05, 0) is 22.0 Å². The van der Waals surface area contributed by atoms with Gasteiger partial charge in [0.05, 0.1) is 4.47 Å². The van der Waals surface area contributed by atoms with E-state index in [1.165, 1.54) is 5.69 Å². The Morgan fingerprint density at radius 3 is 2.71 bits per heavy atom. The largest absolute Gasteiger partial charge is 0.486 e. The molecule has 0 amide bonds. The molecule has 92 valence electrons. The van der Waals surface area contributed by atoms with Crippen LogP contribution in [0.15, 0.2) is 16.6 Å². The van der Waals surface area contributed by atoms with Crippen LogP contribution in [0.25, 0.3) is 0 Å². The van der Waals surface area contributed by atoms with E-state index in [0.717, 1.165) is 42.2 Å². The number of hydrogen-bond donors (Lipinski definition) is 1. The van der Waals surface area contributed by atoms with Gasteiger partial charge in [0, 0.05) is 37.9 Å². The molecule has 0 atom stereocenters. The van der Waals surface area contributed by atoms with Crippen LogP contribution in [-0.2, 0) is 0 Å². The third-order valence-electron chi connectivity index (χ3n) is 3.06.